The molecule has 1 N–H and O–H groups in total. The summed E-state index contributed by atoms with van der Waals surface area (Å²) in [6, 6.07) is 11.8. The predicted octanol–water partition coefficient (Wildman–Crippen LogP) is 2.87. The number of aromatic nitrogens is 2. The molecular formula is C16H19N3OS. The summed E-state index contributed by atoms with van der Waals surface area (Å²) < 4.78 is 0. The van der Waals surface area contributed by atoms with Crippen molar-refractivity contribution in [3.8, 4) is 0 Å². The van der Waals surface area contributed by atoms with Crippen molar-refractivity contribution in [2.24, 2.45) is 0 Å². The third kappa shape index (κ3) is 4.86. The van der Waals surface area contributed by atoms with Crippen LogP contribution in [0.25, 0.3) is 0 Å². The van der Waals surface area contributed by atoms with Crippen molar-refractivity contribution in [3.05, 3.63) is 53.3 Å². The number of aryl methyl sites for hydroxylation is 1. The van der Waals surface area contributed by atoms with Crippen molar-refractivity contribution in [3.63, 3.8) is 0 Å². The number of benzene rings is 1. The summed E-state index contributed by atoms with van der Waals surface area (Å²) in [7, 11) is 0. The smallest absolute Gasteiger partial charge is 0.270 e. The van der Waals surface area contributed by atoms with Gasteiger partial charge in [0.1, 0.15) is 5.69 Å². The highest BCUT2D eigenvalue weighted by molar-refractivity contribution is 7.99. The maximum absolute atomic E-state index is 12.1. The predicted molar refractivity (Wildman–Crippen MR) is 85.6 cm³/mol. The molecule has 110 valence electrons. The Kier molecular flexibility index (Phi) is 5.75. The molecule has 0 fully saturated rings. The van der Waals surface area contributed by atoms with Crippen LogP contribution in [0, 0.1) is 6.92 Å². The Labute approximate surface area is 129 Å². The summed E-state index contributed by atoms with van der Waals surface area (Å²) >= 11 is 1.54. The van der Waals surface area contributed by atoms with E-state index >= 15 is 0 Å². The Bertz CT molecular complexity index is 602. The van der Waals surface area contributed by atoms with E-state index in [9.17, 15) is 4.79 Å². The molecule has 0 bridgehead atoms. The van der Waals surface area contributed by atoms with E-state index in [1.807, 2.05) is 32.0 Å². The Morgan fingerprint density at radius 3 is 2.71 bits per heavy atom. The van der Waals surface area contributed by atoms with E-state index in [2.05, 4.69) is 27.4 Å². The van der Waals surface area contributed by atoms with Gasteiger partial charge in [-0.25, -0.2) is 9.97 Å². The van der Waals surface area contributed by atoms with Crippen LogP contribution in [0.4, 0.5) is 0 Å². The van der Waals surface area contributed by atoms with E-state index in [0.29, 0.717) is 17.4 Å². The van der Waals surface area contributed by atoms with Crippen LogP contribution < -0.4 is 5.32 Å². The lowest BCUT2D eigenvalue weighted by atomic mass is 10.1. The largest absolute Gasteiger partial charge is 0.350 e. The van der Waals surface area contributed by atoms with E-state index in [1.165, 1.54) is 17.3 Å². The van der Waals surface area contributed by atoms with Gasteiger partial charge in [-0.15, -0.1) is 0 Å². The van der Waals surface area contributed by atoms with E-state index in [4.69, 9.17) is 0 Å². The minimum Gasteiger partial charge on any atom is -0.350 e. The van der Waals surface area contributed by atoms with Gasteiger partial charge in [-0.05, 0) is 30.7 Å². The van der Waals surface area contributed by atoms with Gasteiger partial charge < -0.3 is 5.32 Å². The van der Waals surface area contributed by atoms with Crippen LogP contribution in [0.15, 0.2) is 41.6 Å². The molecule has 0 unspecified atom stereocenters. The van der Waals surface area contributed by atoms with Gasteiger partial charge in [-0.1, -0.05) is 49.0 Å². The molecule has 1 amide bonds. The highest BCUT2D eigenvalue weighted by Crippen LogP contribution is 2.13. The number of thioether (sulfide) groups is 1. The number of nitrogens with one attached hydrogen (secondary N) is 1. The minimum atomic E-state index is -0.144. The van der Waals surface area contributed by atoms with E-state index < -0.39 is 0 Å². The molecule has 0 atom stereocenters. The molecule has 1 aromatic heterocycles. The second kappa shape index (κ2) is 7.78. The first-order valence-corrected chi connectivity index (χ1v) is 7.98. The molecule has 1 aromatic carbocycles. The van der Waals surface area contributed by atoms with Crippen LogP contribution in [0.2, 0.25) is 0 Å². The van der Waals surface area contributed by atoms with Gasteiger partial charge in [0, 0.05) is 12.2 Å². The molecule has 2 rings (SSSR count). The van der Waals surface area contributed by atoms with Crippen LogP contribution >= 0.6 is 11.8 Å². The zero-order valence-corrected chi connectivity index (χ0v) is 13.1. The summed E-state index contributed by atoms with van der Waals surface area (Å²) in [4.78, 5) is 20.7. The molecule has 0 spiro atoms. The summed E-state index contributed by atoms with van der Waals surface area (Å²) in [5.41, 5.74) is 2.46. The molecule has 0 aliphatic rings. The zero-order valence-electron chi connectivity index (χ0n) is 12.3. The maximum Gasteiger partial charge on any atom is 0.270 e. The van der Waals surface area contributed by atoms with Crippen LogP contribution in [-0.4, -0.2) is 28.2 Å². The van der Waals surface area contributed by atoms with Gasteiger partial charge in [0.15, 0.2) is 5.16 Å². The Balaban J connectivity index is 1.94. The fourth-order valence-electron chi connectivity index (χ4n) is 1.91. The molecule has 0 aliphatic carbocycles. The Morgan fingerprint density at radius 2 is 2.00 bits per heavy atom. The highest BCUT2D eigenvalue weighted by atomic mass is 32.2. The second-order valence-corrected chi connectivity index (χ2v) is 5.83. The first-order valence-electron chi connectivity index (χ1n) is 6.99. The fraction of sp³-hybridized carbons (Fsp3) is 0.312. The van der Waals surface area contributed by atoms with Gasteiger partial charge in [0.2, 0.25) is 0 Å². The molecule has 0 aliphatic heterocycles. The van der Waals surface area contributed by atoms with Crippen molar-refractivity contribution in [1.29, 1.82) is 0 Å². The zero-order chi connectivity index (χ0) is 15.1. The van der Waals surface area contributed by atoms with E-state index in [1.54, 1.807) is 6.07 Å². The fourth-order valence-corrected chi connectivity index (χ4v) is 2.54. The molecule has 5 heteroatoms. The summed E-state index contributed by atoms with van der Waals surface area (Å²) in [6.07, 6.45) is 0.813. The lowest BCUT2D eigenvalue weighted by Crippen LogP contribution is -2.27. The van der Waals surface area contributed by atoms with Gasteiger partial charge in [0.05, 0.1) is 0 Å². The van der Waals surface area contributed by atoms with Gasteiger partial charge in [-0.3, -0.25) is 4.79 Å². The van der Waals surface area contributed by atoms with Crippen LogP contribution in [0.5, 0.6) is 0 Å². The third-order valence-electron chi connectivity index (χ3n) is 2.88. The summed E-state index contributed by atoms with van der Waals surface area (Å²) in [5.74, 6) is 0.743. The van der Waals surface area contributed by atoms with Gasteiger partial charge >= 0.3 is 0 Å². The maximum atomic E-state index is 12.1. The van der Waals surface area contributed by atoms with Gasteiger partial charge in [0.25, 0.3) is 5.91 Å². The van der Waals surface area contributed by atoms with Crippen LogP contribution in [0.1, 0.15) is 28.7 Å². The second-order valence-electron chi connectivity index (χ2n) is 4.60. The molecule has 0 radical (unpaired) electrons. The number of carbonyl (C=O) groups is 1. The Morgan fingerprint density at radius 1 is 1.24 bits per heavy atom. The average Bonchev–Trinajstić information content (AvgIpc) is 2.48. The molecular weight excluding hydrogens is 282 g/mol. The average molecular weight is 301 g/mol. The standard InChI is InChI=1S/C16H19N3OS/c1-3-21-16-18-12(2)11-14(19-16)15(20)17-10-9-13-7-5-4-6-8-13/h4-8,11H,3,9-10H2,1-2H3,(H,17,20). The molecule has 1 heterocycles. The number of nitrogens with zero attached hydrogens (tertiary/aromatic N) is 2. The van der Waals surface area contributed by atoms with E-state index in [-0.39, 0.29) is 5.91 Å². The SMILES string of the molecule is CCSc1nc(C)cc(C(=O)NCCc2ccccc2)n1. The molecule has 2 aromatic rings. The number of rotatable bonds is 6. The molecule has 0 saturated heterocycles. The quantitative estimate of drug-likeness (QED) is 0.658. The lowest BCUT2D eigenvalue weighted by Gasteiger charge is -2.07. The number of hydrogen-bond acceptors (Lipinski definition) is 4. The van der Waals surface area contributed by atoms with Crippen LogP contribution in [-0.2, 0) is 6.42 Å². The van der Waals surface area contributed by atoms with Gasteiger partial charge in [-0.2, -0.15) is 0 Å². The first kappa shape index (κ1) is 15.5. The molecule has 21 heavy (non-hydrogen) atoms. The van der Waals surface area contributed by atoms with E-state index in [0.717, 1.165) is 17.9 Å². The minimum absolute atomic E-state index is 0.144. The summed E-state index contributed by atoms with van der Waals surface area (Å²) in [6.45, 7) is 4.51. The highest BCUT2D eigenvalue weighted by Gasteiger charge is 2.10. The first-order chi connectivity index (χ1) is 10.2. The third-order valence-corrected chi connectivity index (χ3v) is 3.61. The summed E-state index contributed by atoms with van der Waals surface area (Å²) in [5, 5.41) is 3.56. The van der Waals surface area contributed by atoms with Crippen molar-refractivity contribution in [2.75, 3.05) is 12.3 Å². The van der Waals surface area contributed by atoms with Crippen molar-refractivity contribution < 1.29 is 4.79 Å². The molecule has 4 nitrogen and oxygen atoms in total. The molecule has 0 saturated carbocycles. The van der Waals surface area contributed by atoms with Crippen molar-refractivity contribution in [1.82, 2.24) is 15.3 Å². The van der Waals surface area contributed by atoms with Crippen LogP contribution in [0.3, 0.4) is 0 Å². The van der Waals surface area contributed by atoms with Crippen molar-refractivity contribution in [2.45, 2.75) is 25.4 Å². The number of amides is 1. The number of hydrogen-bond donors (Lipinski definition) is 1. The topological polar surface area (TPSA) is 54.9 Å². The lowest BCUT2D eigenvalue weighted by molar-refractivity contribution is 0.0948. The van der Waals surface area contributed by atoms with Crippen molar-refractivity contribution >= 4 is 17.7 Å². The monoisotopic (exact) mass is 301 g/mol. The Hall–Kier alpha value is -1.88. The normalized spacial score (nSPS) is 10.4. The number of carbonyl (C=O) groups excluding carboxylic acids is 1.